The van der Waals surface area contributed by atoms with E-state index in [9.17, 15) is 9.36 Å². The number of hydrogen-bond donors (Lipinski definition) is 0. The highest BCUT2D eigenvalue weighted by molar-refractivity contribution is 7.72. The van der Waals surface area contributed by atoms with Crippen LogP contribution in [0.5, 0.6) is 0 Å². The Morgan fingerprint density at radius 2 is 1.62 bits per heavy atom. The number of carbonyl (C=O) groups excluding carboxylic acids is 1. The molecular formula is C13H17N2O5P. The van der Waals surface area contributed by atoms with E-state index >= 15 is 0 Å². The summed E-state index contributed by atoms with van der Waals surface area (Å²) in [7, 11) is -2.44. The Balaban J connectivity index is 3.18. The average Bonchev–Trinajstić information content (AvgIpc) is 2.48. The molecule has 0 amide bonds. The molecule has 0 radical (unpaired) electrons. The van der Waals surface area contributed by atoms with E-state index in [4.69, 9.17) is 14.6 Å². The number of hydrogen-bond acceptors (Lipinski definition) is 5. The number of ether oxygens (including phenoxy) is 1. The number of carbonyl (C=O) groups is 1. The summed E-state index contributed by atoms with van der Waals surface area (Å²) >= 11 is 0. The molecule has 0 saturated heterocycles. The zero-order valence-corrected chi connectivity index (χ0v) is 13.0. The zero-order valence-electron chi connectivity index (χ0n) is 12.1. The summed E-state index contributed by atoms with van der Waals surface area (Å²) in [6, 6.07) is 5.89. The minimum atomic E-state index is -3.71. The first-order chi connectivity index (χ1) is 10.0. The number of benzene rings is 1. The molecule has 0 bridgehead atoms. The minimum Gasteiger partial charge on any atom is -0.465 e. The molecule has 21 heavy (non-hydrogen) atoms. The fourth-order valence-electron chi connectivity index (χ4n) is 1.64. The van der Waals surface area contributed by atoms with E-state index < -0.39 is 13.6 Å². The zero-order chi connectivity index (χ0) is 15.9. The van der Waals surface area contributed by atoms with Gasteiger partial charge in [-0.15, -0.1) is 0 Å². The molecule has 0 aliphatic carbocycles. The smallest absolute Gasteiger partial charge is 0.442 e. The molecule has 0 fully saturated rings. The second kappa shape index (κ2) is 7.86. The van der Waals surface area contributed by atoms with Crippen LogP contribution in [0.4, 0.5) is 0 Å². The largest absolute Gasteiger partial charge is 0.465 e. The van der Waals surface area contributed by atoms with Crippen LogP contribution in [0.25, 0.3) is 5.53 Å². The summed E-state index contributed by atoms with van der Waals surface area (Å²) in [5, 5.41) is 0. The standard InChI is InChI=1S/C13H17N2O5P/c1-4-19-21(17,20-5-2)12(15-14)10-6-8-11(9-7-10)13(16)18-3/h6-9H,4-5H2,1-3H3. The van der Waals surface area contributed by atoms with Crippen molar-refractivity contribution in [1.82, 2.24) is 0 Å². The first kappa shape index (κ1) is 17.3. The maximum atomic E-state index is 12.6. The molecule has 0 unspecified atom stereocenters. The quantitative estimate of drug-likeness (QED) is 0.253. The van der Waals surface area contributed by atoms with E-state index in [2.05, 4.69) is 9.53 Å². The Morgan fingerprint density at radius 1 is 1.14 bits per heavy atom. The summed E-state index contributed by atoms with van der Waals surface area (Å²) in [4.78, 5) is 14.4. The third-order valence-electron chi connectivity index (χ3n) is 2.52. The van der Waals surface area contributed by atoms with Crippen LogP contribution in [0.1, 0.15) is 29.8 Å². The molecule has 0 saturated carbocycles. The lowest BCUT2D eigenvalue weighted by Gasteiger charge is -2.12. The second-order valence-electron chi connectivity index (χ2n) is 3.83. The molecule has 1 aromatic carbocycles. The van der Waals surface area contributed by atoms with Gasteiger partial charge < -0.3 is 19.3 Å². The molecular weight excluding hydrogens is 295 g/mol. The van der Waals surface area contributed by atoms with E-state index in [1.807, 2.05) is 0 Å². The third kappa shape index (κ3) is 4.09. The Morgan fingerprint density at radius 3 is 2.00 bits per heavy atom. The van der Waals surface area contributed by atoms with E-state index in [1.54, 1.807) is 13.8 Å². The summed E-state index contributed by atoms with van der Waals surface area (Å²) in [6.07, 6.45) is 0. The van der Waals surface area contributed by atoms with Crippen LogP contribution < -0.4 is 0 Å². The molecule has 7 nitrogen and oxygen atoms in total. The predicted molar refractivity (Wildman–Crippen MR) is 76.4 cm³/mol. The van der Waals surface area contributed by atoms with Gasteiger partial charge >= 0.3 is 19.0 Å². The third-order valence-corrected chi connectivity index (χ3v) is 4.58. The molecule has 114 valence electrons. The topological polar surface area (TPSA) is 98.2 Å². The van der Waals surface area contributed by atoms with Gasteiger partial charge in [0.05, 0.1) is 31.5 Å². The Kier molecular flexibility index (Phi) is 6.46. The van der Waals surface area contributed by atoms with Crippen molar-refractivity contribution < 1.29 is 27.9 Å². The van der Waals surface area contributed by atoms with Crippen molar-refractivity contribution >= 4 is 19.0 Å². The van der Waals surface area contributed by atoms with Crippen molar-refractivity contribution in [2.45, 2.75) is 13.8 Å². The number of methoxy groups -OCH3 is 1. The van der Waals surface area contributed by atoms with Gasteiger partial charge in [-0.25, -0.2) is 9.36 Å². The molecule has 0 aromatic heterocycles. The highest BCUT2D eigenvalue weighted by atomic mass is 31.2. The molecule has 0 spiro atoms. The van der Waals surface area contributed by atoms with Crippen LogP contribution in [-0.2, 0) is 18.3 Å². The molecule has 0 atom stereocenters. The van der Waals surface area contributed by atoms with Gasteiger partial charge in [0.1, 0.15) is 0 Å². The maximum Gasteiger partial charge on any atom is 0.442 e. The lowest BCUT2D eigenvalue weighted by Crippen LogP contribution is -2.10. The highest BCUT2D eigenvalue weighted by Crippen LogP contribution is 2.50. The monoisotopic (exact) mass is 312 g/mol. The average molecular weight is 312 g/mol. The molecule has 1 rings (SSSR count). The molecule has 0 aliphatic heterocycles. The van der Waals surface area contributed by atoms with Crippen molar-refractivity contribution in [3.05, 3.63) is 40.9 Å². The lowest BCUT2D eigenvalue weighted by atomic mass is 10.1. The van der Waals surface area contributed by atoms with E-state index in [0.717, 1.165) is 0 Å². The lowest BCUT2D eigenvalue weighted by molar-refractivity contribution is -0.00271. The Labute approximate surface area is 123 Å². The summed E-state index contributed by atoms with van der Waals surface area (Å²) in [5.74, 6) is -0.498. The molecule has 0 heterocycles. The summed E-state index contributed by atoms with van der Waals surface area (Å²) in [5.41, 5.74) is 9.60. The van der Waals surface area contributed by atoms with E-state index in [-0.39, 0.29) is 18.7 Å². The minimum absolute atomic E-state index is 0.135. The number of rotatable bonds is 7. The Hall–Kier alpha value is -1.78. The van der Waals surface area contributed by atoms with Crippen LogP contribution in [0.2, 0.25) is 0 Å². The summed E-state index contributed by atoms with van der Waals surface area (Å²) < 4.78 is 27.4. The first-order valence-electron chi connectivity index (χ1n) is 6.32. The van der Waals surface area contributed by atoms with Gasteiger partial charge in [-0.1, -0.05) is 0 Å². The van der Waals surface area contributed by atoms with Crippen LogP contribution in [0, 0.1) is 0 Å². The van der Waals surface area contributed by atoms with Crippen molar-refractivity contribution in [2.24, 2.45) is 0 Å². The summed E-state index contributed by atoms with van der Waals surface area (Å²) in [6.45, 7) is 3.58. The Bertz CT molecular complexity index is 583. The number of nitrogens with zero attached hydrogens (tertiary/aromatic N) is 2. The van der Waals surface area contributed by atoms with Crippen LogP contribution in [-0.4, -0.2) is 36.5 Å². The fourth-order valence-corrected chi connectivity index (χ4v) is 3.22. The fraction of sp³-hybridized carbons (Fsp3) is 0.385. The second-order valence-corrected chi connectivity index (χ2v) is 5.76. The highest BCUT2D eigenvalue weighted by Gasteiger charge is 2.40. The van der Waals surface area contributed by atoms with Crippen LogP contribution in [0.3, 0.4) is 0 Å². The van der Waals surface area contributed by atoms with E-state index in [0.29, 0.717) is 11.1 Å². The van der Waals surface area contributed by atoms with E-state index in [1.165, 1.54) is 31.4 Å². The van der Waals surface area contributed by atoms with Gasteiger partial charge in [0, 0.05) is 0 Å². The van der Waals surface area contributed by atoms with Gasteiger partial charge in [0.25, 0.3) is 0 Å². The SMILES string of the molecule is CCOP(=O)(OCC)C(=[N+]=[N-])c1ccc(C(=O)OC)cc1. The molecule has 8 heteroatoms. The van der Waals surface area contributed by atoms with Crippen LogP contribution in [0.15, 0.2) is 24.3 Å². The van der Waals surface area contributed by atoms with Gasteiger partial charge in [-0.05, 0) is 38.1 Å². The van der Waals surface area contributed by atoms with Crippen molar-refractivity contribution in [1.29, 1.82) is 0 Å². The van der Waals surface area contributed by atoms with Crippen molar-refractivity contribution in [2.75, 3.05) is 20.3 Å². The first-order valence-corrected chi connectivity index (χ1v) is 7.87. The predicted octanol–water partition coefficient (Wildman–Crippen LogP) is 2.72. The van der Waals surface area contributed by atoms with Gasteiger partial charge in [0.2, 0.25) is 0 Å². The normalized spacial score (nSPS) is 10.8. The maximum absolute atomic E-state index is 12.6. The molecule has 1 aromatic rings. The van der Waals surface area contributed by atoms with Gasteiger partial charge in [-0.3, -0.25) is 0 Å². The van der Waals surface area contributed by atoms with Crippen molar-refractivity contribution in [3.8, 4) is 0 Å². The molecule has 0 N–H and O–H groups in total. The molecule has 0 aliphatic rings. The van der Waals surface area contributed by atoms with Gasteiger partial charge in [-0.2, -0.15) is 4.79 Å². The van der Waals surface area contributed by atoms with Crippen molar-refractivity contribution in [3.63, 3.8) is 0 Å². The van der Waals surface area contributed by atoms with Crippen LogP contribution >= 0.6 is 7.60 Å². The van der Waals surface area contributed by atoms with Gasteiger partial charge in [0.15, 0.2) is 0 Å². The number of esters is 1.